The Morgan fingerprint density at radius 2 is 1.58 bits per heavy atom. The van der Waals surface area contributed by atoms with Gasteiger partial charge in [0, 0.05) is 25.6 Å². The van der Waals surface area contributed by atoms with Crippen LogP contribution in [0.4, 0.5) is 0 Å². The molecule has 26 heavy (non-hydrogen) atoms. The maximum atomic E-state index is 12.4. The first-order chi connectivity index (χ1) is 12.5. The quantitative estimate of drug-likeness (QED) is 0.826. The Hall–Kier alpha value is -1.40. The second-order valence-electron chi connectivity index (χ2n) is 7.54. The molecule has 144 valence electrons. The Balaban J connectivity index is 1.53. The molecule has 1 heterocycles. The van der Waals surface area contributed by atoms with Crippen LogP contribution in [0.3, 0.4) is 0 Å². The van der Waals surface area contributed by atoms with E-state index in [1.54, 1.807) is 12.1 Å². The van der Waals surface area contributed by atoms with Crippen molar-refractivity contribution in [3.63, 3.8) is 0 Å². The van der Waals surface area contributed by atoms with Crippen molar-refractivity contribution in [1.82, 2.24) is 9.62 Å². The predicted molar refractivity (Wildman–Crippen MR) is 102 cm³/mol. The van der Waals surface area contributed by atoms with Crippen LogP contribution in [0.25, 0.3) is 0 Å². The molecule has 1 aromatic carbocycles. The van der Waals surface area contributed by atoms with Crippen molar-refractivity contribution in [3.05, 3.63) is 29.8 Å². The van der Waals surface area contributed by atoms with Crippen molar-refractivity contribution in [2.24, 2.45) is 0 Å². The summed E-state index contributed by atoms with van der Waals surface area (Å²) in [6, 6.07) is 7.05. The topological polar surface area (TPSA) is 66.5 Å². The van der Waals surface area contributed by atoms with E-state index >= 15 is 0 Å². The average Bonchev–Trinajstić information content (AvgIpc) is 2.98. The molecule has 0 radical (unpaired) electrons. The number of hydrogen-bond acceptors (Lipinski definition) is 3. The van der Waals surface area contributed by atoms with Gasteiger partial charge in [-0.3, -0.25) is 4.79 Å². The molecule has 0 unspecified atom stereocenters. The summed E-state index contributed by atoms with van der Waals surface area (Å²) in [4.78, 5) is 14.7. The number of amides is 1. The molecule has 0 bridgehead atoms. The second kappa shape index (κ2) is 9.00. The molecule has 6 heteroatoms. The fourth-order valence-corrected chi connectivity index (χ4v) is 5.20. The number of aryl methyl sites for hydroxylation is 1. The largest absolute Gasteiger partial charge is 0.343 e. The van der Waals surface area contributed by atoms with Gasteiger partial charge in [-0.2, -0.15) is 0 Å². The summed E-state index contributed by atoms with van der Waals surface area (Å²) in [5.41, 5.74) is 1.01. The Bertz CT molecular complexity index is 686. The molecule has 2 aliphatic rings. The second-order valence-corrected chi connectivity index (χ2v) is 9.26. The van der Waals surface area contributed by atoms with E-state index < -0.39 is 10.0 Å². The number of benzene rings is 1. The molecule has 1 aliphatic heterocycles. The highest BCUT2D eigenvalue weighted by atomic mass is 32.2. The molecule has 1 saturated heterocycles. The van der Waals surface area contributed by atoms with Gasteiger partial charge in [-0.05, 0) is 49.8 Å². The monoisotopic (exact) mass is 378 g/mol. The number of carbonyl (C=O) groups excluding carboxylic acids is 1. The van der Waals surface area contributed by atoms with Gasteiger partial charge in [0.2, 0.25) is 15.9 Å². The van der Waals surface area contributed by atoms with Crippen LogP contribution >= 0.6 is 0 Å². The smallest absolute Gasteiger partial charge is 0.240 e. The van der Waals surface area contributed by atoms with E-state index in [0.717, 1.165) is 57.2 Å². The summed E-state index contributed by atoms with van der Waals surface area (Å²) < 4.78 is 27.7. The van der Waals surface area contributed by atoms with E-state index in [1.165, 1.54) is 12.8 Å². The fraction of sp³-hybridized carbons (Fsp3) is 0.650. The molecule has 5 nitrogen and oxygen atoms in total. The molecule has 0 atom stereocenters. The molecule has 1 amide bonds. The van der Waals surface area contributed by atoms with E-state index in [2.05, 4.69) is 4.72 Å². The van der Waals surface area contributed by atoms with Crippen molar-refractivity contribution < 1.29 is 13.2 Å². The third-order valence-corrected chi connectivity index (χ3v) is 7.03. The van der Waals surface area contributed by atoms with Crippen LogP contribution in [0.15, 0.2) is 29.2 Å². The number of nitrogens with one attached hydrogen (secondary N) is 1. The van der Waals surface area contributed by atoms with Crippen LogP contribution in [0.2, 0.25) is 0 Å². The van der Waals surface area contributed by atoms with Gasteiger partial charge in [-0.25, -0.2) is 13.1 Å². The van der Waals surface area contributed by atoms with Crippen molar-refractivity contribution >= 4 is 15.9 Å². The molecule has 0 spiro atoms. The van der Waals surface area contributed by atoms with Gasteiger partial charge in [-0.1, -0.05) is 37.8 Å². The zero-order valence-electron chi connectivity index (χ0n) is 15.5. The SMILES string of the molecule is O=C(CCc1ccc(S(=O)(=O)NC2CCCC2)cc1)N1CCCCCC1. The van der Waals surface area contributed by atoms with Crippen molar-refractivity contribution in [1.29, 1.82) is 0 Å². The molecular formula is C20H30N2O3S. The van der Waals surface area contributed by atoms with Gasteiger partial charge in [0.25, 0.3) is 0 Å². The third kappa shape index (κ3) is 5.30. The lowest BCUT2D eigenvalue weighted by Gasteiger charge is -2.20. The minimum atomic E-state index is -3.44. The van der Waals surface area contributed by atoms with E-state index in [9.17, 15) is 13.2 Å². The van der Waals surface area contributed by atoms with Crippen LogP contribution in [0.1, 0.15) is 63.4 Å². The zero-order chi connectivity index (χ0) is 18.4. The number of carbonyl (C=O) groups is 1. The Morgan fingerprint density at radius 3 is 2.19 bits per heavy atom. The average molecular weight is 379 g/mol. The molecular weight excluding hydrogens is 348 g/mol. The van der Waals surface area contributed by atoms with E-state index in [1.807, 2.05) is 17.0 Å². The summed E-state index contributed by atoms with van der Waals surface area (Å²) in [5, 5.41) is 0. The Morgan fingerprint density at radius 1 is 0.962 bits per heavy atom. The molecule has 0 aromatic heterocycles. The lowest BCUT2D eigenvalue weighted by Crippen LogP contribution is -2.32. The number of hydrogen-bond donors (Lipinski definition) is 1. The zero-order valence-corrected chi connectivity index (χ0v) is 16.3. The minimum Gasteiger partial charge on any atom is -0.343 e. The van der Waals surface area contributed by atoms with Crippen LogP contribution in [-0.4, -0.2) is 38.4 Å². The highest BCUT2D eigenvalue weighted by molar-refractivity contribution is 7.89. The molecule has 1 aliphatic carbocycles. The van der Waals surface area contributed by atoms with Crippen LogP contribution in [0, 0.1) is 0 Å². The Kier molecular flexibility index (Phi) is 6.70. The van der Waals surface area contributed by atoms with Crippen LogP contribution in [0.5, 0.6) is 0 Å². The minimum absolute atomic E-state index is 0.0749. The highest BCUT2D eigenvalue weighted by Gasteiger charge is 2.22. The highest BCUT2D eigenvalue weighted by Crippen LogP contribution is 2.21. The maximum absolute atomic E-state index is 12.4. The summed E-state index contributed by atoms with van der Waals surface area (Å²) in [6.07, 6.45) is 9.83. The van der Waals surface area contributed by atoms with Gasteiger partial charge < -0.3 is 4.90 Å². The summed E-state index contributed by atoms with van der Waals surface area (Å²) in [5.74, 6) is 0.214. The van der Waals surface area contributed by atoms with Crippen LogP contribution in [-0.2, 0) is 21.2 Å². The summed E-state index contributed by atoms with van der Waals surface area (Å²) >= 11 is 0. The van der Waals surface area contributed by atoms with E-state index in [4.69, 9.17) is 0 Å². The third-order valence-electron chi connectivity index (χ3n) is 5.50. The summed E-state index contributed by atoms with van der Waals surface area (Å²) in [7, 11) is -3.44. The standard InChI is InChI=1S/C20H30N2O3S/c23-20(22-15-5-1-2-6-16-22)14-11-17-9-12-19(13-10-17)26(24,25)21-18-7-3-4-8-18/h9-10,12-13,18,21H,1-8,11,14-16H2. The molecule has 2 fully saturated rings. The van der Waals surface area contributed by atoms with Gasteiger partial charge in [0.1, 0.15) is 0 Å². The lowest BCUT2D eigenvalue weighted by molar-refractivity contribution is -0.131. The number of sulfonamides is 1. The predicted octanol–water partition coefficient (Wildman–Crippen LogP) is 3.24. The van der Waals surface area contributed by atoms with Gasteiger partial charge in [-0.15, -0.1) is 0 Å². The van der Waals surface area contributed by atoms with E-state index in [0.29, 0.717) is 17.7 Å². The normalized spacial score (nSPS) is 19.5. The van der Waals surface area contributed by atoms with Gasteiger partial charge in [0.15, 0.2) is 0 Å². The van der Waals surface area contributed by atoms with E-state index in [-0.39, 0.29) is 11.9 Å². The Labute approximate surface area is 157 Å². The number of nitrogens with zero attached hydrogens (tertiary/aromatic N) is 1. The maximum Gasteiger partial charge on any atom is 0.240 e. The molecule has 1 aromatic rings. The number of likely N-dealkylation sites (tertiary alicyclic amines) is 1. The molecule has 1 N–H and O–H groups in total. The molecule has 3 rings (SSSR count). The summed E-state index contributed by atoms with van der Waals surface area (Å²) in [6.45, 7) is 1.76. The fourth-order valence-electron chi connectivity index (χ4n) is 3.90. The van der Waals surface area contributed by atoms with Crippen molar-refractivity contribution in [3.8, 4) is 0 Å². The van der Waals surface area contributed by atoms with Crippen molar-refractivity contribution in [2.45, 2.75) is 75.1 Å². The van der Waals surface area contributed by atoms with Gasteiger partial charge in [0.05, 0.1) is 4.90 Å². The van der Waals surface area contributed by atoms with Crippen LogP contribution < -0.4 is 4.72 Å². The first-order valence-electron chi connectivity index (χ1n) is 9.94. The van der Waals surface area contributed by atoms with Crippen molar-refractivity contribution in [2.75, 3.05) is 13.1 Å². The first kappa shape index (κ1) is 19.4. The lowest BCUT2D eigenvalue weighted by atomic mass is 10.1. The first-order valence-corrected chi connectivity index (χ1v) is 11.4. The van der Waals surface area contributed by atoms with Gasteiger partial charge >= 0.3 is 0 Å². The molecule has 1 saturated carbocycles. The number of rotatable bonds is 6.